The third-order valence-corrected chi connectivity index (χ3v) is 3.19. The molecule has 0 atom stereocenters. The largest absolute Gasteiger partial charge is 0.351 e. The molecular weight excluding hydrogens is 218 g/mol. The van der Waals surface area contributed by atoms with Crippen molar-refractivity contribution in [2.75, 3.05) is 13.1 Å². The molecule has 17 heavy (non-hydrogen) atoms. The van der Waals surface area contributed by atoms with Crippen molar-refractivity contribution in [3.8, 4) is 0 Å². The lowest BCUT2D eigenvalue weighted by molar-refractivity contribution is 0.0944. The summed E-state index contributed by atoms with van der Waals surface area (Å²) in [7, 11) is 0. The Kier molecular flexibility index (Phi) is 4.08. The summed E-state index contributed by atoms with van der Waals surface area (Å²) in [6, 6.07) is 0. The van der Waals surface area contributed by atoms with Crippen LogP contribution < -0.4 is 11.1 Å². The van der Waals surface area contributed by atoms with Gasteiger partial charge >= 0.3 is 0 Å². The number of aromatic nitrogens is 3. The van der Waals surface area contributed by atoms with Crippen molar-refractivity contribution in [3.63, 3.8) is 0 Å². The molecule has 1 saturated carbocycles. The van der Waals surface area contributed by atoms with E-state index < -0.39 is 0 Å². The zero-order chi connectivity index (χ0) is 12.1. The molecule has 0 aliphatic heterocycles. The van der Waals surface area contributed by atoms with E-state index in [0.29, 0.717) is 18.8 Å². The number of carbonyl (C=O) groups is 1. The zero-order valence-electron chi connectivity index (χ0n) is 9.93. The number of nitrogens with two attached hydrogens (primary N) is 1. The van der Waals surface area contributed by atoms with Crippen molar-refractivity contribution in [1.29, 1.82) is 0 Å². The van der Waals surface area contributed by atoms with Crippen LogP contribution in [0.15, 0.2) is 6.20 Å². The number of rotatable bonds is 6. The second kappa shape index (κ2) is 5.77. The van der Waals surface area contributed by atoms with Crippen molar-refractivity contribution < 1.29 is 4.79 Å². The molecule has 1 aromatic heterocycles. The fourth-order valence-corrected chi connectivity index (χ4v) is 1.91. The highest BCUT2D eigenvalue weighted by molar-refractivity contribution is 5.91. The van der Waals surface area contributed by atoms with Crippen molar-refractivity contribution in [2.24, 2.45) is 11.7 Å². The third kappa shape index (κ3) is 3.26. The standard InChI is InChI=1S/C11H19N5O/c12-5-7-16-8-10(14-15-16)11(17)13-6-4-9-2-1-3-9/h8-9H,1-7,12H2,(H,13,17). The summed E-state index contributed by atoms with van der Waals surface area (Å²) in [5, 5.41) is 10.5. The number of hydrogen-bond donors (Lipinski definition) is 2. The highest BCUT2D eigenvalue weighted by Gasteiger charge is 2.17. The number of nitrogens with one attached hydrogen (secondary N) is 1. The molecule has 0 aromatic carbocycles. The summed E-state index contributed by atoms with van der Waals surface area (Å²) in [4.78, 5) is 11.7. The summed E-state index contributed by atoms with van der Waals surface area (Å²) in [5.74, 6) is 0.663. The minimum atomic E-state index is -0.146. The summed E-state index contributed by atoms with van der Waals surface area (Å²) in [6.07, 6.45) is 6.66. The summed E-state index contributed by atoms with van der Waals surface area (Å²) in [6.45, 7) is 1.81. The Balaban J connectivity index is 1.73. The maximum absolute atomic E-state index is 11.7. The molecule has 1 aliphatic carbocycles. The van der Waals surface area contributed by atoms with Gasteiger partial charge < -0.3 is 11.1 Å². The monoisotopic (exact) mass is 237 g/mol. The van der Waals surface area contributed by atoms with Gasteiger partial charge in [-0.2, -0.15) is 0 Å². The van der Waals surface area contributed by atoms with E-state index in [2.05, 4.69) is 15.6 Å². The van der Waals surface area contributed by atoms with Gasteiger partial charge in [0.2, 0.25) is 0 Å². The number of hydrogen-bond acceptors (Lipinski definition) is 4. The van der Waals surface area contributed by atoms with Crippen LogP contribution in [0.3, 0.4) is 0 Å². The van der Waals surface area contributed by atoms with E-state index in [9.17, 15) is 4.79 Å². The van der Waals surface area contributed by atoms with Gasteiger partial charge in [-0.15, -0.1) is 5.10 Å². The van der Waals surface area contributed by atoms with Crippen LogP contribution in [0.2, 0.25) is 0 Å². The van der Waals surface area contributed by atoms with Gasteiger partial charge in [-0.3, -0.25) is 9.48 Å². The molecule has 94 valence electrons. The predicted octanol–water partition coefficient (Wildman–Crippen LogP) is 0.157. The molecule has 6 nitrogen and oxygen atoms in total. The number of carbonyl (C=O) groups excluding carboxylic acids is 1. The van der Waals surface area contributed by atoms with Gasteiger partial charge in [0.1, 0.15) is 0 Å². The van der Waals surface area contributed by atoms with Crippen LogP contribution in [-0.4, -0.2) is 34.0 Å². The Bertz CT molecular complexity index is 372. The van der Waals surface area contributed by atoms with E-state index in [1.54, 1.807) is 10.9 Å². The molecule has 0 saturated heterocycles. The smallest absolute Gasteiger partial charge is 0.273 e. The average Bonchev–Trinajstić information content (AvgIpc) is 2.70. The van der Waals surface area contributed by atoms with Crippen molar-refractivity contribution >= 4 is 5.91 Å². The van der Waals surface area contributed by atoms with Crippen molar-refractivity contribution in [3.05, 3.63) is 11.9 Å². The quantitative estimate of drug-likeness (QED) is 0.737. The van der Waals surface area contributed by atoms with Crippen molar-refractivity contribution in [1.82, 2.24) is 20.3 Å². The Morgan fingerprint density at radius 2 is 2.41 bits per heavy atom. The van der Waals surface area contributed by atoms with Crippen LogP contribution >= 0.6 is 0 Å². The molecule has 1 amide bonds. The Labute approximate surface area is 101 Å². The van der Waals surface area contributed by atoms with E-state index in [4.69, 9.17) is 5.73 Å². The van der Waals surface area contributed by atoms with E-state index in [0.717, 1.165) is 18.9 Å². The first-order valence-corrected chi connectivity index (χ1v) is 6.18. The molecule has 2 rings (SSSR count). The van der Waals surface area contributed by atoms with Crippen LogP contribution in [0.1, 0.15) is 36.2 Å². The molecule has 1 aromatic rings. The van der Waals surface area contributed by atoms with E-state index in [1.807, 2.05) is 0 Å². The van der Waals surface area contributed by atoms with Crippen LogP contribution in [-0.2, 0) is 6.54 Å². The maximum Gasteiger partial charge on any atom is 0.273 e. The third-order valence-electron chi connectivity index (χ3n) is 3.19. The lowest BCUT2D eigenvalue weighted by Crippen LogP contribution is -2.27. The summed E-state index contributed by atoms with van der Waals surface area (Å²) < 4.78 is 1.58. The van der Waals surface area contributed by atoms with Crippen LogP contribution in [0.4, 0.5) is 0 Å². The van der Waals surface area contributed by atoms with Gasteiger partial charge in [0.05, 0.1) is 12.7 Å². The van der Waals surface area contributed by atoms with Gasteiger partial charge in [0.15, 0.2) is 5.69 Å². The topological polar surface area (TPSA) is 85.8 Å². The first-order chi connectivity index (χ1) is 8.29. The second-order valence-electron chi connectivity index (χ2n) is 4.50. The van der Waals surface area contributed by atoms with Crippen molar-refractivity contribution in [2.45, 2.75) is 32.2 Å². The highest BCUT2D eigenvalue weighted by atomic mass is 16.2. The lowest BCUT2D eigenvalue weighted by atomic mass is 9.83. The molecule has 0 unspecified atom stereocenters. The normalized spacial score (nSPS) is 15.6. The molecular formula is C11H19N5O. The van der Waals surface area contributed by atoms with Gasteiger partial charge in [0, 0.05) is 13.1 Å². The molecule has 0 bridgehead atoms. The van der Waals surface area contributed by atoms with Crippen LogP contribution in [0, 0.1) is 5.92 Å². The Morgan fingerprint density at radius 1 is 1.59 bits per heavy atom. The van der Waals surface area contributed by atoms with Gasteiger partial charge in [-0.25, -0.2) is 0 Å². The van der Waals surface area contributed by atoms with E-state index in [-0.39, 0.29) is 5.91 Å². The molecule has 6 heteroatoms. The SMILES string of the molecule is NCCn1cc(C(=O)NCCC2CCC2)nn1. The Hall–Kier alpha value is -1.43. The second-order valence-corrected chi connectivity index (χ2v) is 4.50. The van der Waals surface area contributed by atoms with E-state index >= 15 is 0 Å². The summed E-state index contributed by atoms with van der Waals surface area (Å²) >= 11 is 0. The molecule has 3 N–H and O–H groups in total. The van der Waals surface area contributed by atoms with Crippen LogP contribution in [0.5, 0.6) is 0 Å². The minimum Gasteiger partial charge on any atom is -0.351 e. The lowest BCUT2D eigenvalue weighted by Gasteiger charge is -2.24. The molecule has 1 aliphatic rings. The van der Waals surface area contributed by atoms with Crippen LogP contribution in [0.25, 0.3) is 0 Å². The first-order valence-electron chi connectivity index (χ1n) is 6.18. The highest BCUT2D eigenvalue weighted by Crippen LogP contribution is 2.28. The molecule has 1 fully saturated rings. The number of nitrogens with zero attached hydrogens (tertiary/aromatic N) is 3. The molecule has 0 radical (unpaired) electrons. The van der Waals surface area contributed by atoms with Gasteiger partial charge in [0.25, 0.3) is 5.91 Å². The van der Waals surface area contributed by atoms with Gasteiger partial charge in [-0.1, -0.05) is 24.5 Å². The Morgan fingerprint density at radius 3 is 3.06 bits per heavy atom. The maximum atomic E-state index is 11.7. The zero-order valence-corrected chi connectivity index (χ0v) is 9.93. The fraction of sp³-hybridized carbons (Fsp3) is 0.727. The van der Waals surface area contributed by atoms with E-state index in [1.165, 1.54) is 19.3 Å². The minimum absolute atomic E-state index is 0.146. The first kappa shape index (κ1) is 12.0. The summed E-state index contributed by atoms with van der Waals surface area (Å²) in [5.41, 5.74) is 5.76. The average molecular weight is 237 g/mol. The molecule has 0 spiro atoms. The fourth-order valence-electron chi connectivity index (χ4n) is 1.91. The molecule has 1 heterocycles. The number of amides is 1. The van der Waals surface area contributed by atoms with Gasteiger partial charge in [-0.05, 0) is 12.3 Å². The predicted molar refractivity (Wildman–Crippen MR) is 63.4 cm³/mol.